The smallest absolute Gasteiger partial charge is 0.276 e. The molecule has 7 nitrogen and oxygen atoms in total. The summed E-state index contributed by atoms with van der Waals surface area (Å²) < 4.78 is 23.6. The molecule has 1 amide bonds. The summed E-state index contributed by atoms with van der Waals surface area (Å²) in [5, 5.41) is 11.8. The summed E-state index contributed by atoms with van der Waals surface area (Å²) in [7, 11) is -3.99. The Bertz CT molecular complexity index is 632. The Hall–Kier alpha value is -1.41. The van der Waals surface area contributed by atoms with Gasteiger partial charge < -0.3 is 4.90 Å². The van der Waals surface area contributed by atoms with Gasteiger partial charge in [-0.3, -0.25) is 9.89 Å². The Morgan fingerprint density at radius 1 is 1.48 bits per heavy atom. The lowest BCUT2D eigenvalue weighted by molar-refractivity contribution is 0.0712. The molecule has 1 heterocycles. The first kappa shape index (κ1) is 16.0. The average molecular weight is 314 g/mol. The van der Waals surface area contributed by atoms with Crippen LogP contribution in [0.1, 0.15) is 49.8 Å². The molecular formula is C13H22N4O3S. The van der Waals surface area contributed by atoms with Crippen LogP contribution in [0.4, 0.5) is 0 Å². The van der Waals surface area contributed by atoms with E-state index >= 15 is 0 Å². The largest absolute Gasteiger partial charge is 0.334 e. The molecule has 1 aromatic rings. The molecule has 0 aromatic carbocycles. The molecular weight excluding hydrogens is 292 g/mol. The Labute approximate surface area is 124 Å². The number of aromatic nitrogens is 2. The van der Waals surface area contributed by atoms with Gasteiger partial charge in [-0.15, -0.1) is 0 Å². The second-order valence-electron chi connectivity index (χ2n) is 5.86. The normalized spacial score (nSPS) is 15.5. The Balaban J connectivity index is 2.40. The van der Waals surface area contributed by atoms with Gasteiger partial charge in [-0.2, -0.15) is 5.10 Å². The minimum Gasteiger partial charge on any atom is -0.334 e. The summed E-state index contributed by atoms with van der Waals surface area (Å²) in [6, 6.07) is 0.190. The van der Waals surface area contributed by atoms with E-state index in [-0.39, 0.29) is 22.5 Å². The predicted molar refractivity (Wildman–Crippen MR) is 78.2 cm³/mol. The molecule has 1 aromatic heterocycles. The molecule has 2 rings (SSSR count). The van der Waals surface area contributed by atoms with Crippen molar-refractivity contribution in [3.05, 3.63) is 11.4 Å². The molecule has 1 aliphatic rings. The van der Waals surface area contributed by atoms with Crippen LogP contribution in [0.15, 0.2) is 4.90 Å². The molecule has 118 valence electrons. The van der Waals surface area contributed by atoms with Gasteiger partial charge in [-0.25, -0.2) is 13.6 Å². The highest BCUT2D eigenvalue weighted by Crippen LogP contribution is 2.30. The van der Waals surface area contributed by atoms with E-state index in [0.29, 0.717) is 24.6 Å². The standard InChI is InChI=1S/C13H22N4O3S/c1-4-10-12(21(14,19)20)11(16-15-10)13(18)17(7-8(2)3)9-5-6-9/h8-9H,4-7H2,1-3H3,(H,15,16)(H2,14,19,20). The van der Waals surface area contributed by atoms with Gasteiger partial charge in [0.15, 0.2) is 5.69 Å². The van der Waals surface area contributed by atoms with Crippen molar-refractivity contribution in [1.82, 2.24) is 15.1 Å². The Morgan fingerprint density at radius 2 is 2.10 bits per heavy atom. The lowest BCUT2D eigenvalue weighted by Gasteiger charge is -2.23. The van der Waals surface area contributed by atoms with Crippen molar-refractivity contribution in [2.24, 2.45) is 11.1 Å². The zero-order valence-corrected chi connectivity index (χ0v) is 13.4. The summed E-state index contributed by atoms with van der Waals surface area (Å²) >= 11 is 0. The molecule has 0 unspecified atom stereocenters. The Kier molecular flexibility index (Phi) is 4.38. The number of H-pyrrole nitrogens is 1. The number of amides is 1. The second kappa shape index (κ2) is 5.76. The highest BCUT2D eigenvalue weighted by molar-refractivity contribution is 7.89. The molecule has 3 N–H and O–H groups in total. The highest BCUT2D eigenvalue weighted by atomic mass is 32.2. The number of hydrogen-bond acceptors (Lipinski definition) is 4. The summed E-state index contributed by atoms with van der Waals surface area (Å²) in [5.41, 5.74) is 0.294. The molecule has 0 atom stereocenters. The van der Waals surface area contributed by atoms with Crippen LogP contribution in [-0.2, 0) is 16.4 Å². The van der Waals surface area contributed by atoms with Crippen molar-refractivity contribution in [2.75, 3.05) is 6.54 Å². The summed E-state index contributed by atoms with van der Waals surface area (Å²) in [6.45, 7) is 6.40. The summed E-state index contributed by atoms with van der Waals surface area (Å²) in [5.74, 6) is -0.0525. The number of carbonyl (C=O) groups excluding carboxylic acids is 1. The van der Waals surface area contributed by atoms with Gasteiger partial charge in [0.2, 0.25) is 10.0 Å². The molecule has 0 saturated heterocycles. The van der Waals surface area contributed by atoms with Crippen LogP contribution in [0, 0.1) is 5.92 Å². The van der Waals surface area contributed by atoms with Crippen molar-refractivity contribution in [3.63, 3.8) is 0 Å². The first-order valence-electron chi connectivity index (χ1n) is 7.16. The number of nitrogens with zero attached hydrogens (tertiary/aromatic N) is 2. The number of aromatic amines is 1. The monoisotopic (exact) mass is 314 g/mol. The first-order valence-corrected chi connectivity index (χ1v) is 8.71. The van der Waals surface area contributed by atoms with Crippen molar-refractivity contribution in [2.45, 2.75) is 51.0 Å². The van der Waals surface area contributed by atoms with Gasteiger partial charge in [-0.1, -0.05) is 20.8 Å². The van der Waals surface area contributed by atoms with Crippen LogP contribution in [0.2, 0.25) is 0 Å². The van der Waals surface area contributed by atoms with Crippen molar-refractivity contribution in [1.29, 1.82) is 0 Å². The maximum absolute atomic E-state index is 12.7. The molecule has 0 bridgehead atoms. The molecule has 21 heavy (non-hydrogen) atoms. The molecule has 0 radical (unpaired) electrons. The summed E-state index contributed by atoms with van der Waals surface area (Å²) in [4.78, 5) is 14.2. The fourth-order valence-corrected chi connectivity index (χ4v) is 3.31. The third-order valence-electron chi connectivity index (χ3n) is 3.44. The molecule has 8 heteroatoms. The number of carbonyl (C=O) groups is 1. The third-order valence-corrected chi connectivity index (χ3v) is 4.45. The lowest BCUT2D eigenvalue weighted by Crippen LogP contribution is -2.37. The second-order valence-corrected chi connectivity index (χ2v) is 7.36. The summed E-state index contributed by atoms with van der Waals surface area (Å²) in [6.07, 6.45) is 2.32. The van der Waals surface area contributed by atoms with Crippen LogP contribution in [0.25, 0.3) is 0 Å². The van der Waals surface area contributed by atoms with Crippen molar-refractivity contribution < 1.29 is 13.2 Å². The van der Waals surface area contributed by atoms with E-state index in [0.717, 1.165) is 12.8 Å². The highest BCUT2D eigenvalue weighted by Gasteiger charge is 2.37. The van der Waals surface area contributed by atoms with Gasteiger partial charge in [0.25, 0.3) is 5.91 Å². The molecule has 1 saturated carbocycles. The van der Waals surface area contributed by atoms with Gasteiger partial charge in [0.05, 0.1) is 5.69 Å². The number of primary sulfonamides is 1. The SMILES string of the molecule is CCc1[nH]nc(C(=O)N(CC(C)C)C2CC2)c1S(N)(=O)=O. The van der Waals surface area contributed by atoms with Crippen LogP contribution in [0.5, 0.6) is 0 Å². The lowest BCUT2D eigenvalue weighted by atomic mass is 10.2. The number of hydrogen-bond donors (Lipinski definition) is 2. The molecule has 1 aliphatic carbocycles. The first-order chi connectivity index (χ1) is 9.75. The maximum Gasteiger partial charge on any atom is 0.276 e. The van der Waals surface area contributed by atoms with Crippen LogP contribution >= 0.6 is 0 Å². The molecule has 0 spiro atoms. The quantitative estimate of drug-likeness (QED) is 0.812. The van der Waals surface area contributed by atoms with Crippen LogP contribution in [0.3, 0.4) is 0 Å². The Morgan fingerprint density at radius 3 is 2.52 bits per heavy atom. The van der Waals surface area contributed by atoms with E-state index < -0.39 is 10.0 Å². The van der Waals surface area contributed by atoms with Gasteiger partial charge in [0, 0.05) is 12.6 Å². The van der Waals surface area contributed by atoms with Gasteiger partial charge in [0.1, 0.15) is 4.90 Å². The van der Waals surface area contributed by atoms with Crippen LogP contribution in [-0.4, -0.2) is 42.0 Å². The zero-order valence-electron chi connectivity index (χ0n) is 12.6. The van der Waals surface area contributed by atoms with E-state index in [4.69, 9.17) is 5.14 Å². The van der Waals surface area contributed by atoms with Crippen molar-refractivity contribution in [3.8, 4) is 0 Å². The number of aryl methyl sites for hydroxylation is 1. The molecule has 0 aliphatic heterocycles. The number of nitrogens with two attached hydrogens (primary N) is 1. The third kappa shape index (κ3) is 3.44. The van der Waals surface area contributed by atoms with Gasteiger partial charge >= 0.3 is 0 Å². The van der Waals surface area contributed by atoms with Gasteiger partial charge in [-0.05, 0) is 25.2 Å². The van der Waals surface area contributed by atoms with E-state index in [9.17, 15) is 13.2 Å². The zero-order chi connectivity index (χ0) is 15.8. The number of sulfonamides is 1. The van der Waals surface area contributed by atoms with E-state index in [1.807, 2.05) is 13.8 Å². The topological polar surface area (TPSA) is 109 Å². The predicted octanol–water partition coefficient (Wildman–Crippen LogP) is 0.880. The van der Waals surface area contributed by atoms with Crippen molar-refractivity contribution >= 4 is 15.9 Å². The fraction of sp³-hybridized carbons (Fsp3) is 0.692. The van der Waals surface area contributed by atoms with E-state index in [1.165, 1.54) is 0 Å². The minimum atomic E-state index is -3.99. The van der Waals surface area contributed by atoms with E-state index in [2.05, 4.69) is 10.2 Å². The number of rotatable bonds is 6. The maximum atomic E-state index is 12.7. The fourth-order valence-electron chi connectivity index (χ4n) is 2.37. The number of nitrogens with one attached hydrogen (secondary N) is 1. The minimum absolute atomic E-state index is 0.0816. The average Bonchev–Trinajstić information content (AvgIpc) is 3.11. The van der Waals surface area contributed by atoms with Crippen LogP contribution < -0.4 is 5.14 Å². The molecule has 1 fully saturated rings. The van der Waals surface area contributed by atoms with E-state index in [1.54, 1.807) is 11.8 Å².